The van der Waals surface area contributed by atoms with Gasteiger partial charge in [-0.1, -0.05) is 48.5 Å². The summed E-state index contributed by atoms with van der Waals surface area (Å²) >= 11 is 0. The molecule has 0 fully saturated rings. The highest BCUT2D eigenvalue weighted by Gasteiger charge is 2.35. The maximum absolute atomic E-state index is 13.9. The van der Waals surface area contributed by atoms with Gasteiger partial charge in [0.15, 0.2) is 17.3 Å². The van der Waals surface area contributed by atoms with Crippen LogP contribution in [0.5, 0.6) is 34.5 Å². The van der Waals surface area contributed by atoms with E-state index in [1.165, 1.54) is 28.4 Å². The molecular formula is C41H46N2O10. The van der Waals surface area contributed by atoms with Crippen molar-refractivity contribution in [2.45, 2.75) is 51.9 Å². The lowest BCUT2D eigenvalue weighted by atomic mass is 9.88. The number of anilines is 1. The molecule has 1 unspecified atom stereocenters. The van der Waals surface area contributed by atoms with Gasteiger partial charge >= 0.3 is 6.09 Å². The predicted molar refractivity (Wildman–Crippen MR) is 199 cm³/mol. The van der Waals surface area contributed by atoms with Crippen molar-refractivity contribution < 1.29 is 47.5 Å². The highest BCUT2D eigenvalue weighted by Crippen LogP contribution is 2.47. The number of methoxy groups -OCH3 is 4. The van der Waals surface area contributed by atoms with Crippen molar-refractivity contribution in [3.63, 3.8) is 0 Å². The lowest BCUT2D eigenvalue weighted by Gasteiger charge is -2.27. The second-order valence-corrected chi connectivity index (χ2v) is 13.4. The Hall–Kier alpha value is -5.91. The van der Waals surface area contributed by atoms with Gasteiger partial charge in [-0.05, 0) is 68.1 Å². The number of rotatable bonds is 14. The van der Waals surface area contributed by atoms with E-state index in [2.05, 4.69) is 10.6 Å². The van der Waals surface area contributed by atoms with E-state index >= 15 is 0 Å². The largest absolute Gasteiger partial charge is 0.495 e. The maximum Gasteiger partial charge on any atom is 0.408 e. The summed E-state index contributed by atoms with van der Waals surface area (Å²) in [5, 5.41) is 5.65. The van der Waals surface area contributed by atoms with Gasteiger partial charge in [0.2, 0.25) is 11.7 Å². The van der Waals surface area contributed by atoms with E-state index in [1.807, 2.05) is 60.7 Å². The zero-order valence-electron chi connectivity index (χ0n) is 31.1. The summed E-state index contributed by atoms with van der Waals surface area (Å²) in [6.45, 7) is 5.78. The van der Waals surface area contributed by atoms with E-state index < -0.39 is 29.6 Å². The number of alkyl carbamates (subject to hydrolysis) is 1. The Morgan fingerprint density at radius 3 is 2.13 bits per heavy atom. The average Bonchev–Trinajstić information content (AvgIpc) is 3.14. The van der Waals surface area contributed by atoms with Gasteiger partial charge in [-0.2, -0.15) is 0 Å². The molecule has 12 nitrogen and oxygen atoms in total. The van der Waals surface area contributed by atoms with Crippen molar-refractivity contribution >= 4 is 23.5 Å². The molecule has 12 heteroatoms. The minimum Gasteiger partial charge on any atom is -0.495 e. The van der Waals surface area contributed by atoms with Gasteiger partial charge < -0.3 is 43.8 Å². The van der Waals surface area contributed by atoms with Crippen LogP contribution in [0.3, 0.4) is 0 Å². The van der Waals surface area contributed by atoms with Gasteiger partial charge in [-0.3, -0.25) is 9.59 Å². The van der Waals surface area contributed by atoms with Crippen LogP contribution in [-0.2, 0) is 29.0 Å². The van der Waals surface area contributed by atoms with E-state index in [1.54, 1.807) is 39.0 Å². The number of hydrogen-bond donors (Lipinski definition) is 2. The van der Waals surface area contributed by atoms with E-state index in [4.69, 9.17) is 33.2 Å². The summed E-state index contributed by atoms with van der Waals surface area (Å²) in [4.78, 5) is 40.6. The van der Waals surface area contributed by atoms with Gasteiger partial charge in [0, 0.05) is 12.5 Å². The molecular weight excluding hydrogens is 680 g/mol. The van der Waals surface area contributed by atoms with Crippen LogP contribution in [0.2, 0.25) is 0 Å². The van der Waals surface area contributed by atoms with E-state index in [0.717, 1.165) is 16.7 Å². The van der Waals surface area contributed by atoms with Crippen molar-refractivity contribution in [3.8, 4) is 34.5 Å². The number of carbonyl (C=O) groups is 3. The monoisotopic (exact) mass is 726 g/mol. The van der Waals surface area contributed by atoms with Crippen LogP contribution < -0.4 is 39.1 Å². The average molecular weight is 727 g/mol. The molecule has 1 aliphatic heterocycles. The molecule has 4 aromatic carbocycles. The van der Waals surface area contributed by atoms with Crippen LogP contribution in [-0.4, -0.2) is 64.5 Å². The Morgan fingerprint density at radius 1 is 0.811 bits per heavy atom. The van der Waals surface area contributed by atoms with Crippen LogP contribution in [0, 0.1) is 5.92 Å². The van der Waals surface area contributed by atoms with Crippen LogP contribution in [0.1, 0.15) is 47.8 Å². The summed E-state index contributed by atoms with van der Waals surface area (Å²) in [6, 6.07) is 23.1. The summed E-state index contributed by atoms with van der Waals surface area (Å²) in [5.41, 5.74) is 2.44. The minimum atomic E-state index is -1.02. The van der Waals surface area contributed by atoms with E-state index in [0.29, 0.717) is 47.5 Å². The fraction of sp³-hybridized carbons (Fsp3) is 0.341. The standard InChI is InChI=1S/C41H46N2O10/c1-41(2,3)53-40(46)43-31(20-25-13-16-29(17-14-25)51-23-26-11-9-8-10-12-26)39(45)42-30-21-27(15-18-32(30)47-4)19-28-24-52-33-22-34(48-5)37(49-6)38(50-7)35(33)36(28)44/h8-18,21-22,28,31H,19-20,23-24H2,1-7H3,(H,42,45)(H,43,46)/t28?,31-/m0/s1. The van der Waals surface area contributed by atoms with Crippen LogP contribution in [0.25, 0.3) is 0 Å². The number of ether oxygens (including phenoxy) is 7. The highest BCUT2D eigenvalue weighted by molar-refractivity contribution is 6.05. The van der Waals surface area contributed by atoms with Crippen LogP contribution in [0.4, 0.5) is 10.5 Å². The van der Waals surface area contributed by atoms with Gasteiger partial charge in [0.05, 0.1) is 46.7 Å². The first kappa shape index (κ1) is 38.3. The highest BCUT2D eigenvalue weighted by atomic mass is 16.6. The van der Waals surface area contributed by atoms with Crippen LogP contribution >= 0.6 is 0 Å². The molecule has 53 heavy (non-hydrogen) atoms. The van der Waals surface area contributed by atoms with Crippen molar-refractivity contribution in [2.75, 3.05) is 40.4 Å². The normalized spacial score (nSPS) is 14.2. The van der Waals surface area contributed by atoms with Crippen molar-refractivity contribution in [2.24, 2.45) is 5.92 Å². The third kappa shape index (κ3) is 9.70. The first-order valence-electron chi connectivity index (χ1n) is 17.2. The number of hydrogen-bond acceptors (Lipinski definition) is 10. The number of benzene rings is 4. The number of Topliss-reactive ketones (excluding diaryl/α,β-unsaturated/α-hetero) is 1. The van der Waals surface area contributed by atoms with Crippen molar-refractivity contribution in [1.82, 2.24) is 5.32 Å². The SMILES string of the molecule is COc1ccc(CC2COc3cc(OC)c(OC)c(OC)c3C2=O)cc1NC(=O)[C@H](Cc1ccc(OCc2ccccc2)cc1)NC(=O)OC(C)(C)C. The molecule has 4 aromatic rings. The summed E-state index contributed by atoms with van der Waals surface area (Å²) < 4.78 is 39.5. The molecule has 280 valence electrons. The Balaban J connectivity index is 1.33. The molecule has 0 saturated heterocycles. The number of fused-ring (bicyclic) bond motifs is 1. The maximum atomic E-state index is 13.9. The zero-order chi connectivity index (χ0) is 38.1. The van der Waals surface area contributed by atoms with E-state index in [9.17, 15) is 14.4 Å². The van der Waals surface area contributed by atoms with Gasteiger partial charge in [-0.25, -0.2) is 4.79 Å². The Bertz CT molecular complexity index is 1910. The quantitative estimate of drug-likeness (QED) is 0.143. The topological polar surface area (TPSA) is 140 Å². The number of nitrogens with one attached hydrogen (secondary N) is 2. The molecule has 1 heterocycles. The van der Waals surface area contributed by atoms with E-state index in [-0.39, 0.29) is 30.1 Å². The Kier molecular flexibility index (Phi) is 12.3. The first-order chi connectivity index (χ1) is 25.4. The molecule has 5 rings (SSSR count). The fourth-order valence-corrected chi connectivity index (χ4v) is 5.94. The molecule has 2 atom stereocenters. The van der Waals surface area contributed by atoms with Crippen molar-refractivity contribution in [1.29, 1.82) is 0 Å². The molecule has 0 aromatic heterocycles. The summed E-state index contributed by atoms with van der Waals surface area (Å²) in [6.07, 6.45) is -0.280. The van der Waals surface area contributed by atoms with Crippen LogP contribution in [0.15, 0.2) is 78.9 Å². The third-order valence-electron chi connectivity index (χ3n) is 8.47. The van der Waals surface area contributed by atoms with Gasteiger partial charge in [-0.15, -0.1) is 0 Å². The number of amides is 2. The predicted octanol–water partition coefficient (Wildman–Crippen LogP) is 6.81. The lowest BCUT2D eigenvalue weighted by molar-refractivity contribution is -0.118. The Morgan fingerprint density at radius 2 is 1.49 bits per heavy atom. The Labute approximate surface area is 309 Å². The molecule has 2 amide bonds. The van der Waals surface area contributed by atoms with Crippen molar-refractivity contribution in [3.05, 3.63) is 101 Å². The molecule has 0 aliphatic carbocycles. The molecule has 1 aliphatic rings. The second kappa shape index (κ2) is 17.1. The minimum absolute atomic E-state index is 0.121. The smallest absolute Gasteiger partial charge is 0.408 e. The lowest BCUT2D eigenvalue weighted by Crippen LogP contribution is -2.47. The second-order valence-electron chi connectivity index (χ2n) is 13.4. The number of carbonyl (C=O) groups excluding carboxylic acids is 3. The molecule has 0 spiro atoms. The van der Waals surface area contributed by atoms with Gasteiger partial charge in [0.1, 0.15) is 41.1 Å². The first-order valence-corrected chi connectivity index (χ1v) is 17.2. The number of ketones is 1. The summed E-state index contributed by atoms with van der Waals surface area (Å²) in [7, 11) is 5.91. The molecule has 0 bridgehead atoms. The molecule has 0 saturated carbocycles. The molecule has 2 N–H and O–H groups in total. The van der Waals surface area contributed by atoms with Gasteiger partial charge in [0.25, 0.3) is 0 Å². The third-order valence-corrected chi connectivity index (χ3v) is 8.47. The zero-order valence-corrected chi connectivity index (χ0v) is 31.1. The fourth-order valence-electron chi connectivity index (χ4n) is 5.94. The molecule has 0 radical (unpaired) electrons. The summed E-state index contributed by atoms with van der Waals surface area (Å²) in [5.74, 6) is 1.09.